The average Bonchev–Trinajstić information content (AvgIpc) is 3.16. The molecule has 0 unspecified atom stereocenters. The predicted molar refractivity (Wildman–Crippen MR) is 99.6 cm³/mol. The van der Waals surface area contributed by atoms with E-state index in [1.54, 1.807) is 25.3 Å². The smallest absolute Gasteiger partial charge is 0.263 e. The monoisotopic (exact) mass is 378 g/mol. The molecular weight excluding hydrogens is 360 g/mol. The second kappa shape index (κ2) is 7.89. The fraction of sp³-hybridized carbons (Fsp3) is 0.333. The van der Waals surface area contributed by atoms with Crippen LogP contribution in [0.2, 0.25) is 5.02 Å². The lowest BCUT2D eigenvalue weighted by Gasteiger charge is -2.31. The Hall–Kier alpha value is -2.05. The van der Waals surface area contributed by atoms with Gasteiger partial charge in [0, 0.05) is 24.7 Å². The third kappa shape index (κ3) is 4.14. The van der Waals surface area contributed by atoms with Gasteiger partial charge in [0.25, 0.3) is 5.91 Å². The average molecular weight is 379 g/mol. The number of nitrogens with zero attached hydrogens (tertiary/aromatic N) is 1. The molecule has 1 aromatic heterocycles. The van der Waals surface area contributed by atoms with E-state index in [1.165, 1.54) is 11.3 Å². The van der Waals surface area contributed by atoms with Crippen LogP contribution in [0.5, 0.6) is 5.75 Å². The minimum absolute atomic E-state index is 0.0375. The Morgan fingerprint density at radius 3 is 2.64 bits per heavy atom. The van der Waals surface area contributed by atoms with Crippen molar-refractivity contribution in [1.82, 2.24) is 4.90 Å². The van der Waals surface area contributed by atoms with E-state index < -0.39 is 0 Å². The van der Waals surface area contributed by atoms with Crippen LogP contribution >= 0.6 is 22.9 Å². The lowest BCUT2D eigenvalue weighted by molar-refractivity contribution is -0.121. The Bertz CT molecular complexity index is 756. The number of hydrogen-bond donors (Lipinski definition) is 1. The van der Waals surface area contributed by atoms with Gasteiger partial charge >= 0.3 is 0 Å². The number of halogens is 1. The molecule has 7 heteroatoms. The van der Waals surface area contributed by atoms with E-state index in [9.17, 15) is 9.59 Å². The molecule has 2 heterocycles. The van der Waals surface area contributed by atoms with Crippen molar-refractivity contribution >= 4 is 40.4 Å². The van der Waals surface area contributed by atoms with Crippen LogP contribution in [0.1, 0.15) is 22.5 Å². The molecule has 0 radical (unpaired) electrons. The lowest BCUT2D eigenvalue weighted by atomic mass is 9.95. The number of ether oxygens (including phenoxy) is 1. The van der Waals surface area contributed by atoms with Gasteiger partial charge in [-0.3, -0.25) is 9.59 Å². The van der Waals surface area contributed by atoms with Crippen molar-refractivity contribution in [2.45, 2.75) is 12.8 Å². The molecular formula is C18H19ClN2O3S. The zero-order chi connectivity index (χ0) is 17.8. The highest BCUT2D eigenvalue weighted by Crippen LogP contribution is 2.28. The van der Waals surface area contributed by atoms with Crippen molar-refractivity contribution in [3.63, 3.8) is 0 Å². The van der Waals surface area contributed by atoms with Gasteiger partial charge in [0.2, 0.25) is 5.91 Å². The predicted octanol–water partition coefficient (Wildman–Crippen LogP) is 3.90. The van der Waals surface area contributed by atoms with E-state index in [0.29, 0.717) is 42.4 Å². The summed E-state index contributed by atoms with van der Waals surface area (Å²) in [5, 5.41) is 5.25. The molecule has 132 valence electrons. The molecule has 25 heavy (non-hydrogen) atoms. The summed E-state index contributed by atoms with van der Waals surface area (Å²) in [6, 6.07) is 8.86. The number of carbonyl (C=O) groups is 2. The molecule has 1 aliphatic rings. The highest BCUT2D eigenvalue weighted by atomic mass is 35.5. The molecule has 1 N–H and O–H groups in total. The second-order valence-electron chi connectivity index (χ2n) is 5.88. The number of likely N-dealkylation sites (tertiary alicyclic amines) is 1. The molecule has 5 nitrogen and oxygen atoms in total. The first kappa shape index (κ1) is 17.8. The molecule has 0 bridgehead atoms. The van der Waals surface area contributed by atoms with E-state index in [-0.39, 0.29) is 17.7 Å². The Morgan fingerprint density at radius 2 is 2.04 bits per heavy atom. The van der Waals surface area contributed by atoms with Gasteiger partial charge in [0.15, 0.2) is 0 Å². The van der Waals surface area contributed by atoms with Gasteiger partial charge in [-0.05, 0) is 42.5 Å². The number of rotatable bonds is 4. The summed E-state index contributed by atoms with van der Waals surface area (Å²) in [5.74, 6) is 0.480. The molecule has 3 rings (SSSR count). The van der Waals surface area contributed by atoms with E-state index >= 15 is 0 Å². The summed E-state index contributed by atoms with van der Waals surface area (Å²) in [7, 11) is 1.55. The summed E-state index contributed by atoms with van der Waals surface area (Å²) in [6.45, 7) is 1.19. The van der Waals surface area contributed by atoms with Crippen LogP contribution in [0.4, 0.5) is 5.69 Å². The SMILES string of the molecule is COc1ccc(NC(=O)C2CCN(C(=O)c3cccs3)CC2)cc1Cl. The standard InChI is InChI=1S/C18H19ClN2O3S/c1-24-15-5-4-13(11-14(15)19)20-17(22)12-6-8-21(9-7-12)18(23)16-3-2-10-25-16/h2-5,10-12H,6-9H2,1H3,(H,20,22). The molecule has 1 aliphatic heterocycles. The molecule has 1 saturated heterocycles. The van der Waals surface area contributed by atoms with Crippen LogP contribution < -0.4 is 10.1 Å². The number of piperidine rings is 1. The number of methoxy groups -OCH3 is 1. The maximum Gasteiger partial charge on any atom is 0.263 e. The van der Waals surface area contributed by atoms with Crippen LogP contribution in [-0.4, -0.2) is 36.9 Å². The fourth-order valence-corrected chi connectivity index (χ4v) is 3.84. The molecule has 0 aliphatic carbocycles. The van der Waals surface area contributed by atoms with E-state index in [4.69, 9.17) is 16.3 Å². The number of amides is 2. The quantitative estimate of drug-likeness (QED) is 0.877. The van der Waals surface area contributed by atoms with Crippen molar-refractivity contribution in [3.05, 3.63) is 45.6 Å². The molecule has 1 fully saturated rings. The molecule has 0 atom stereocenters. The number of hydrogen-bond acceptors (Lipinski definition) is 4. The summed E-state index contributed by atoms with van der Waals surface area (Å²) >= 11 is 7.53. The van der Waals surface area contributed by atoms with Gasteiger partial charge in [-0.1, -0.05) is 17.7 Å². The van der Waals surface area contributed by atoms with Crippen molar-refractivity contribution in [1.29, 1.82) is 0 Å². The number of anilines is 1. The van der Waals surface area contributed by atoms with E-state index in [1.807, 2.05) is 22.4 Å². The van der Waals surface area contributed by atoms with E-state index in [0.717, 1.165) is 4.88 Å². The minimum Gasteiger partial charge on any atom is -0.495 e. The Kier molecular flexibility index (Phi) is 5.60. The van der Waals surface area contributed by atoms with E-state index in [2.05, 4.69) is 5.32 Å². The van der Waals surface area contributed by atoms with Gasteiger partial charge in [-0.25, -0.2) is 0 Å². The molecule has 0 saturated carbocycles. The van der Waals surface area contributed by atoms with Crippen LogP contribution in [0.25, 0.3) is 0 Å². The maximum atomic E-state index is 12.5. The minimum atomic E-state index is -0.103. The van der Waals surface area contributed by atoms with Crippen LogP contribution in [0.3, 0.4) is 0 Å². The zero-order valence-corrected chi connectivity index (χ0v) is 15.4. The Balaban J connectivity index is 1.55. The van der Waals surface area contributed by atoms with Gasteiger partial charge in [0.1, 0.15) is 5.75 Å². The van der Waals surface area contributed by atoms with Gasteiger partial charge in [-0.2, -0.15) is 0 Å². The molecule has 1 aromatic carbocycles. The number of benzene rings is 1. The molecule has 2 amide bonds. The molecule has 0 spiro atoms. The van der Waals surface area contributed by atoms with Crippen molar-refractivity contribution in [2.24, 2.45) is 5.92 Å². The Labute approximate surface area is 155 Å². The van der Waals surface area contributed by atoms with Crippen molar-refractivity contribution in [3.8, 4) is 5.75 Å². The van der Waals surface area contributed by atoms with Crippen LogP contribution in [-0.2, 0) is 4.79 Å². The van der Waals surface area contributed by atoms with Gasteiger partial charge in [-0.15, -0.1) is 11.3 Å². The van der Waals surface area contributed by atoms with Crippen molar-refractivity contribution in [2.75, 3.05) is 25.5 Å². The number of thiophene rings is 1. The first-order valence-electron chi connectivity index (χ1n) is 8.05. The molecule has 2 aromatic rings. The van der Waals surface area contributed by atoms with Gasteiger partial charge in [0.05, 0.1) is 17.0 Å². The maximum absolute atomic E-state index is 12.5. The summed E-state index contributed by atoms with van der Waals surface area (Å²) in [6.07, 6.45) is 1.32. The summed E-state index contributed by atoms with van der Waals surface area (Å²) < 4.78 is 5.10. The number of nitrogens with one attached hydrogen (secondary N) is 1. The largest absolute Gasteiger partial charge is 0.495 e. The zero-order valence-electron chi connectivity index (χ0n) is 13.8. The highest BCUT2D eigenvalue weighted by molar-refractivity contribution is 7.12. The van der Waals surface area contributed by atoms with Crippen LogP contribution in [0, 0.1) is 5.92 Å². The summed E-state index contributed by atoms with van der Waals surface area (Å²) in [5.41, 5.74) is 0.646. The highest BCUT2D eigenvalue weighted by Gasteiger charge is 2.28. The topological polar surface area (TPSA) is 58.6 Å². The Morgan fingerprint density at radius 1 is 1.28 bits per heavy atom. The third-order valence-corrected chi connectivity index (χ3v) is 5.46. The van der Waals surface area contributed by atoms with Crippen LogP contribution in [0.15, 0.2) is 35.7 Å². The number of carbonyl (C=O) groups excluding carboxylic acids is 2. The normalized spacial score (nSPS) is 15.0. The summed E-state index contributed by atoms with van der Waals surface area (Å²) in [4.78, 5) is 27.4. The second-order valence-corrected chi connectivity index (χ2v) is 7.24. The lowest BCUT2D eigenvalue weighted by Crippen LogP contribution is -2.41. The third-order valence-electron chi connectivity index (χ3n) is 4.30. The van der Waals surface area contributed by atoms with Crippen molar-refractivity contribution < 1.29 is 14.3 Å². The first-order valence-corrected chi connectivity index (χ1v) is 9.31. The first-order chi connectivity index (χ1) is 12.1. The van der Waals surface area contributed by atoms with Gasteiger partial charge < -0.3 is 15.0 Å². The fourth-order valence-electron chi connectivity index (χ4n) is 2.89.